The van der Waals surface area contributed by atoms with Gasteiger partial charge in [-0.15, -0.1) is 11.6 Å². The molecule has 4 nitrogen and oxygen atoms in total. The van der Waals surface area contributed by atoms with Gasteiger partial charge in [0.25, 0.3) is 5.56 Å². The van der Waals surface area contributed by atoms with Gasteiger partial charge in [-0.2, -0.15) is 0 Å². The Morgan fingerprint density at radius 1 is 1.65 bits per heavy atom. The van der Waals surface area contributed by atoms with Gasteiger partial charge >= 0.3 is 0 Å². The van der Waals surface area contributed by atoms with Gasteiger partial charge in [-0.25, -0.2) is 4.98 Å². The van der Waals surface area contributed by atoms with Crippen LogP contribution in [0.4, 0.5) is 5.82 Å². The maximum atomic E-state index is 12.0. The van der Waals surface area contributed by atoms with Crippen molar-refractivity contribution in [3.63, 3.8) is 0 Å². The molecule has 2 rings (SSSR count). The number of hydrogen-bond acceptors (Lipinski definition) is 3. The molecule has 1 N–H and O–H groups in total. The van der Waals surface area contributed by atoms with Gasteiger partial charge in [-0.3, -0.25) is 4.79 Å². The van der Waals surface area contributed by atoms with Crippen LogP contribution in [0, 0.1) is 0 Å². The van der Waals surface area contributed by atoms with Crippen molar-refractivity contribution < 1.29 is 0 Å². The first-order valence-corrected chi connectivity index (χ1v) is 6.61. The maximum absolute atomic E-state index is 12.0. The Balaban J connectivity index is 1.96. The highest BCUT2D eigenvalue weighted by atomic mass is 35.5. The van der Waals surface area contributed by atoms with Crippen LogP contribution in [0.2, 0.25) is 0 Å². The normalized spacial score (nSPS) is 16.8. The predicted molar refractivity (Wildman–Crippen MR) is 69.8 cm³/mol. The Bertz CT molecular complexity index is 428. The van der Waals surface area contributed by atoms with E-state index in [0.29, 0.717) is 18.4 Å². The summed E-state index contributed by atoms with van der Waals surface area (Å²) >= 11 is 6.02. The van der Waals surface area contributed by atoms with Crippen molar-refractivity contribution in [2.75, 3.05) is 11.9 Å². The van der Waals surface area contributed by atoms with Gasteiger partial charge in [0, 0.05) is 30.4 Å². The molecule has 17 heavy (non-hydrogen) atoms. The average molecular weight is 256 g/mol. The summed E-state index contributed by atoms with van der Waals surface area (Å²) in [5, 5.41) is 3.24. The Labute approximate surface area is 106 Å². The first-order chi connectivity index (χ1) is 8.22. The molecule has 0 aromatic carbocycles. The second kappa shape index (κ2) is 5.54. The van der Waals surface area contributed by atoms with E-state index in [1.54, 1.807) is 17.0 Å². The lowest BCUT2D eigenvalue weighted by atomic mass is 10.2. The minimum absolute atomic E-state index is 0.0161. The second-order valence-electron chi connectivity index (χ2n) is 4.44. The summed E-state index contributed by atoms with van der Waals surface area (Å²) in [7, 11) is 0. The number of hydrogen-bond donors (Lipinski definition) is 1. The standard InChI is InChI=1S/C12H18ClN3O/c1-2-9(13)5-6-14-11-12(17)16(8-7-15-11)10-3-4-10/h7-10H,2-6H2,1H3,(H,14,15). The van der Waals surface area contributed by atoms with Crippen LogP contribution >= 0.6 is 11.6 Å². The Kier molecular flexibility index (Phi) is 4.05. The summed E-state index contributed by atoms with van der Waals surface area (Å²) in [5.74, 6) is 0.444. The molecule has 1 heterocycles. The summed E-state index contributed by atoms with van der Waals surface area (Å²) in [6.07, 6.45) is 7.43. The molecule has 0 aliphatic heterocycles. The lowest BCUT2D eigenvalue weighted by Gasteiger charge is -2.09. The third-order valence-corrected chi connectivity index (χ3v) is 3.53. The minimum atomic E-state index is -0.0161. The van der Waals surface area contributed by atoms with E-state index in [-0.39, 0.29) is 10.9 Å². The monoisotopic (exact) mass is 255 g/mol. The maximum Gasteiger partial charge on any atom is 0.293 e. The zero-order valence-corrected chi connectivity index (χ0v) is 10.8. The van der Waals surface area contributed by atoms with Crippen LogP contribution in [-0.2, 0) is 0 Å². The zero-order valence-electron chi connectivity index (χ0n) is 10.0. The topological polar surface area (TPSA) is 46.9 Å². The molecule has 1 saturated carbocycles. The number of aromatic nitrogens is 2. The van der Waals surface area contributed by atoms with Gasteiger partial charge in [0.1, 0.15) is 0 Å². The summed E-state index contributed by atoms with van der Waals surface area (Å²) in [6, 6.07) is 0.391. The first kappa shape index (κ1) is 12.4. The second-order valence-corrected chi connectivity index (χ2v) is 5.06. The van der Waals surface area contributed by atoms with Gasteiger partial charge in [0.05, 0.1) is 0 Å². The average Bonchev–Trinajstić information content (AvgIpc) is 3.15. The molecule has 1 unspecified atom stereocenters. The Morgan fingerprint density at radius 2 is 2.41 bits per heavy atom. The third-order valence-electron chi connectivity index (χ3n) is 3.00. The Hall–Kier alpha value is -1.03. The van der Waals surface area contributed by atoms with Crippen LogP contribution in [0.25, 0.3) is 0 Å². The fraction of sp³-hybridized carbons (Fsp3) is 0.667. The van der Waals surface area contributed by atoms with E-state index in [1.165, 1.54) is 0 Å². The van der Waals surface area contributed by atoms with Crippen LogP contribution in [0.1, 0.15) is 38.6 Å². The third kappa shape index (κ3) is 3.22. The summed E-state index contributed by atoms with van der Waals surface area (Å²) in [6.45, 7) is 2.75. The van der Waals surface area contributed by atoms with E-state index in [1.807, 2.05) is 0 Å². The quantitative estimate of drug-likeness (QED) is 0.794. The highest BCUT2D eigenvalue weighted by Crippen LogP contribution is 2.33. The molecule has 1 atom stereocenters. The lowest BCUT2D eigenvalue weighted by Crippen LogP contribution is -2.24. The molecule has 0 bridgehead atoms. The summed E-state index contributed by atoms with van der Waals surface area (Å²) in [5.41, 5.74) is -0.0161. The molecule has 5 heteroatoms. The van der Waals surface area contributed by atoms with Crippen molar-refractivity contribution >= 4 is 17.4 Å². The summed E-state index contributed by atoms with van der Waals surface area (Å²) in [4.78, 5) is 16.1. The fourth-order valence-electron chi connectivity index (χ4n) is 1.74. The van der Waals surface area contributed by atoms with Gasteiger partial charge in [0.2, 0.25) is 0 Å². The van der Waals surface area contributed by atoms with Crippen LogP contribution < -0.4 is 10.9 Å². The number of alkyl halides is 1. The molecule has 0 saturated heterocycles. The van der Waals surface area contributed by atoms with Crippen LogP contribution in [0.5, 0.6) is 0 Å². The van der Waals surface area contributed by atoms with E-state index in [9.17, 15) is 4.79 Å². The highest BCUT2D eigenvalue weighted by Gasteiger charge is 2.25. The SMILES string of the molecule is CCC(Cl)CCNc1nccn(C2CC2)c1=O. The first-order valence-electron chi connectivity index (χ1n) is 6.17. The smallest absolute Gasteiger partial charge is 0.293 e. The molecule has 1 aliphatic rings. The molecule has 0 amide bonds. The number of anilines is 1. The van der Waals surface area contributed by atoms with E-state index in [0.717, 1.165) is 25.7 Å². The van der Waals surface area contributed by atoms with E-state index >= 15 is 0 Å². The van der Waals surface area contributed by atoms with Crippen molar-refractivity contribution in [2.24, 2.45) is 0 Å². The van der Waals surface area contributed by atoms with Crippen molar-refractivity contribution in [3.05, 3.63) is 22.7 Å². The van der Waals surface area contributed by atoms with Crippen LogP contribution in [0.3, 0.4) is 0 Å². The molecule has 94 valence electrons. The zero-order chi connectivity index (χ0) is 12.3. The van der Waals surface area contributed by atoms with E-state index in [4.69, 9.17) is 11.6 Å². The van der Waals surface area contributed by atoms with Crippen molar-refractivity contribution in [1.82, 2.24) is 9.55 Å². The van der Waals surface area contributed by atoms with E-state index in [2.05, 4.69) is 17.2 Å². The molecule has 1 aromatic rings. The van der Waals surface area contributed by atoms with Crippen LogP contribution in [0.15, 0.2) is 17.2 Å². The van der Waals surface area contributed by atoms with Gasteiger partial charge < -0.3 is 9.88 Å². The number of halogens is 1. The molecule has 1 fully saturated rings. The number of rotatable bonds is 6. The fourth-order valence-corrected chi connectivity index (χ4v) is 1.85. The van der Waals surface area contributed by atoms with Gasteiger partial charge in [-0.1, -0.05) is 6.92 Å². The van der Waals surface area contributed by atoms with E-state index < -0.39 is 0 Å². The highest BCUT2D eigenvalue weighted by molar-refractivity contribution is 6.20. The molecule has 0 spiro atoms. The van der Waals surface area contributed by atoms with Crippen molar-refractivity contribution in [2.45, 2.75) is 44.0 Å². The number of nitrogens with zero attached hydrogens (tertiary/aromatic N) is 2. The van der Waals surface area contributed by atoms with Gasteiger partial charge in [-0.05, 0) is 25.7 Å². The summed E-state index contributed by atoms with van der Waals surface area (Å²) < 4.78 is 1.77. The number of nitrogens with one attached hydrogen (secondary N) is 1. The molecular formula is C12H18ClN3O. The molecule has 1 aromatic heterocycles. The van der Waals surface area contributed by atoms with Crippen molar-refractivity contribution in [1.29, 1.82) is 0 Å². The molecular weight excluding hydrogens is 238 g/mol. The molecule has 0 radical (unpaired) electrons. The lowest BCUT2D eigenvalue weighted by molar-refractivity contribution is 0.696. The van der Waals surface area contributed by atoms with Crippen LogP contribution in [-0.4, -0.2) is 21.5 Å². The minimum Gasteiger partial charge on any atom is -0.365 e. The van der Waals surface area contributed by atoms with Crippen molar-refractivity contribution in [3.8, 4) is 0 Å². The van der Waals surface area contributed by atoms with Gasteiger partial charge in [0.15, 0.2) is 5.82 Å². The largest absolute Gasteiger partial charge is 0.365 e. The predicted octanol–water partition coefficient (Wildman–Crippen LogP) is 2.40. The Morgan fingerprint density at radius 3 is 3.06 bits per heavy atom. The molecule has 1 aliphatic carbocycles.